The lowest BCUT2D eigenvalue weighted by atomic mass is 10.0. The highest BCUT2D eigenvalue weighted by atomic mass is 32.2. The maximum absolute atomic E-state index is 12.3. The predicted molar refractivity (Wildman–Crippen MR) is 91.7 cm³/mol. The fourth-order valence-corrected chi connectivity index (χ4v) is 4.22. The molecule has 1 aliphatic heterocycles. The first kappa shape index (κ1) is 16.3. The zero-order chi connectivity index (χ0) is 16.1. The van der Waals surface area contributed by atoms with Gasteiger partial charge in [0.2, 0.25) is 11.0 Å². The molecule has 1 N–H and O–H groups in total. The Kier molecular flexibility index (Phi) is 5.56. The van der Waals surface area contributed by atoms with Gasteiger partial charge in [-0.05, 0) is 38.3 Å². The van der Waals surface area contributed by atoms with Crippen LogP contribution in [0.3, 0.4) is 0 Å². The van der Waals surface area contributed by atoms with Crippen LogP contribution in [0.1, 0.15) is 31.9 Å². The largest absolute Gasteiger partial charge is 0.467 e. The predicted octanol–water partition coefficient (Wildman–Crippen LogP) is 3.24. The molecule has 1 aliphatic rings. The van der Waals surface area contributed by atoms with Crippen molar-refractivity contribution in [3.8, 4) is 0 Å². The third kappa shape index (κ3) is 4.48. The van der Waals surface area contributed by atoms with E-state index < -0.39 is 0 Å². The van der Waals surface area contributed by atoms with Crippen molar-refractivity contribution < 1.29 is 9.21 Å². The monoisotopic (exact) mass is 352 g/mol. The number of carbonyl (C=O) groups excluding carboxylic acids is 1. The van der Waals surface area contributed by atoms with E-state index in [4.69, 9.17) is 4.42 Å². The van der Waals surface area contributed by atoms with Crippen LogP contribution in [0, 0.1) is 0 Å². The number of rotatable bonds is 6. The Labute approximate surface area is 143 Å². The number of piperidine rings is 1. The van der Waals surface area contributed by atoms with Gasteiger partial charge in [-0.15, -0.1) is 10.2 Å². The molecule has 1 atom stereocenters. The van der Waals surface area contributed by atoms with Crippen molar-refractivity contribution in [1.82, 2.24) is 15.1 Å². The van der Waals surface area contributed by atoms with Gasteiger partial charge in [-0.25, -0.2) is 0 Å². The van der Waals surface area contributed by atoms with Crippen molar-refractivity contribution >= 4 is 34.1 Å². The summed E-state index contributed by atoms with van der Waals surface area (Å²) in [6, 6.07) is 4.12. The summed E-state index contributed by atoms with van der Waals surface area (Å²) < 4.78 is 6.07. The van der Waals surface area contributed by atoms with Gasteiger partial charge < -0.3 is 14.6 Å². The van der Waals surface area contributed by atoms with Gasteiger partial charge in [0.1, 0.15) is 5.76 Å². The first-order chi connectivity index (χ1) is 11.2. The van der Waals surface area contributed by atoms with Crippen LogP contribution < -0.4 is 5.32 Å². The Morgan fingerprint density at radius 2 is 2.43 bits per heavy atom. The highest BCUT2D eigenvalue weighted by Gasteiger charge is 2.23. The molecule has 1 saturated heterocycles. The fraction of sp³-hybridized carbons (Fsp3) is 0.533. The van der Waals surface area contributed by atoms with Crippen LogP contribution in [0.15, 0.2) is 27.2 Å². The summed E-state index contributed by atoms with van der Waals surface area (Å²) in [5.41, 5.74) is 0. The average Bonchev–Trinajstić information content (AvgIpc) is 3.22. The van der Waals surface area contributed by atoms with Crippen molar-refractivity contribution in [2.75, 3.05) is 17.6 Å². The maximum atomic E-state index is 12.3. The molecular formula is C15H20N4O2S2. The average molecular weight is 352 g/mol. The van der Waals surface area contributed by atoms with Gasteiger partial charge in [0.25, 0.3) is 0 Å². The maximum Gasteiger partial charge on any atom is 0.233 e. The molecule has 1 fully saturated rings. The van der Waals surface area contributed by atoms with Gasteiger partial charge in [0.15, 0.2) is 4.34 Å². The second-order valence-electron chi connectivity index (χ2n) is 5.53. The second-order valence-corrected chi connectivity index (χ2v) is 7.73. The number of aromatic nitrogens is 2. The minimum Gasteiger partial charge on any atom is -0.467 e. The van der Waals surface area contributed by atoms with Gasteiger partial charge in [-0.2, -0.15) is 0 Å². The molecule has 0 aliphatic carbocycles. The Balaban J connectivity index is 1.46. The zero-order valence-electron chi connectivity index (χ0n) is 13.0. The first-order valence-corrected chi connectivity index (χ1v) is 9.54. The van der Waals surface area contributed by atoms with E-state index in [2.05, 4.69) is 22.4 Å². The Morgan fingerprint density at radius 1 is 1.52 bits per heavy atom. The van der Waals surface area contributed by atoms with E-state index in [1.165, 1.54) is 29.5 Å². The molecule has 0 saturated carbocycles. The summed E-state index contributed by atoms with van der Waals surface area (Å²) in [5.74, 6) is 1.48. The lowest BCUT2D eigenvalue weighted by Crippen LogP contribution is -2.42. The molecule has 8 heteroatoms. The summed E-state index contributed by atoms with van der Waals surface area (Å²) in [7, 11) is 0. The number of anilines is 1. The number of carbonyl (C=O) groups is 1. The fourth-order valence-electron chi connectivity index (χ4n) is 2.59. The topological polar surface area (TPSA) is 71.3 Å². The molecule has 2 aromatic heterocycles. The van der Waals surface area contributed by atoms with E-state index in [0.29, 0.717) is 18.3 Å². The van der Waals surface area contributed by atoms with Crippen LogP contribution in [0.5, 0.6) is 0 Å². The molecule has 0 aromatic carbocycles. The molecule has 0 radical (unpaired) electrons. The number of nitrogens with one attached hydrogen (secondary N) is 1. The third-order valence-electron chi connectivity index (χ3n) is 3.84. The summed E-state index contributed by atoms with van der Waals surface area (Å²) in [4.78, 5) is 14.3. The van der Waals surface area contributed by atoms with E-state index in [1.54, 1.807) is 6.26 Å². The van der Waals surface area contributed by atoms with Crippen molar-refractivity contribution in [3.05, 3.63) is 24.2 Å². The third-order valence-corrected chi connectivity index (χ3v) is 5.84. The number of amides is 1. The number of hydrogen-bond donors (Lipinski definition) is 1. The molecule has 0 spiro atoms. The van der Waals surface area contributed by atoms with E-state index in [-0.39, 0.29) is 5.91 Å². The highest BCUT2D eigenvalue weighted by Crippen LogP contribution is 2.27. The normalized spacial score (nSPS) is 18.1. The molecule has 3 heterocycles. The van der Waals surface area contributed by atoms with Crippen molar-refractivity contribution in [3.63, 3.8) is 0 Å². The summed E-state index contributed by atoms with van der Waals surface area (Å²) in [5, 5.41) is 12.1. The SMILES string of the molecule is C[C@@H]1CCCCN1C(=O)CSc1nnc(NCc2ccco2)s1. The van der Waals surface area contributed by atoms with Crippen molar-refractivity contribution in [1.29, 1.82) is 0 Å². The number of nitrogens with zero attached hydrogens (tertiary/aromatic N) is 3. The molecular weight excluding hydrogens is 332 g/mol. The van der Waals surface area contributed by atoms with Crippen molar-refractivity contribution in [2.45, 2.75) is 43.1 Å². The Bertz CT molecular complexity index is 629. The molecule has 0 bridgehead atoms. The molecule has 23 heavy (non-hydrogen) atoms. The van der Waals surface area contributed by atoms with Crippen LogP contribution in [0.4, 0.5) is 5.13 Å². The van der Waals surface area contributed by atoms with Crippen LogP contribution in [-0.2, 0) is 11.3 Å². The smallest absolute Gasteiger partial charge is 0.233 e. The van der Waals surface area contributed by atoms with Crippen LogP contribution in [0.2, 0.25) is 0 Å². The quantitative estimate of drug-likeness (QED) is 0.805. The first-order valence-electron chi connectivity index (χ1n) is 7.74. The van der Waals surface area contributed by atoms with E-state index >= 15 is 0 Å². The van der Waals surface area contributed by atoms with E-state index in [1.807, 2.05) is 17.0 Å². The second kappa shape index (κ2) is 7.83. The highest BCUT2D eigenvalue weighted by molar-refractivity contribution is 8.01. The van der Waals surface area contributed by atoms with E-state index in [9.17, 15) is 4.79 Å². The minimum atomic E-state index is 0.197. The van der Waals surface area contributed by atoms with Crippen molar-refractivity contribution in [2.24, 2.45) is 0 Å². The zero-order valence-corrected chi connectivity index (χ0v) is 14.7. The molecule has 3 rings (SSSR count). The molecule has 1 amide bonds. The summed E-state index contributed by atoms with van der Waals surface area (Å²) in [6.07, 6.45) is 5.08. The standard InChI is InChI=1S/C15H20N4O2S2/c1-11-5-2-3-7-19(11)13(20)10-22-15-18-17-14(23-15)16-9-12-6-4-8-21-12/h4,6,8,11H,2-3,5,7,9-10H2,1H3,(H,16,17)/t11-/m1/s1. The Morgan fingerprint density at radius 3 is 3.22 bits per heavy atom. The number of thioether (sulfide) groups is 1. The number of hydrogen-bond acceptors (Lipinski definition) is 7. The van der Waals surface area contributed by atoms with E-state index in [0.717, 1.165) is 34.6 Å². The van der Waals surface area contributed by atoms with Crippen LogP contribution in [-0.4, -0.2) is 39.3 Å². The van der Waals surface area contributed by atoms with Gasteiger partial charge in [0, 0.05) is 12.6 Å². The number of likely N-dealkylation sites (tertiary alicyclic amines) is 1. The van der Waals surface area contributed by atoms with Gasteiger partial charge in [0.05, 0.1) is 18.6 Å². The lowest BCUT2D eigenvalue weighted by molar-refractivity contribution is -0.131. The minimum absolute atomic E-state index is 0.197. The Hall–Kier alpha value is -1.54. The van der Waals surface area contributed by atoms with Gasteiger partial charge in [-0.1, -0.05) is 23.1 Å². The van der Waals surface area contributed by atoms with Crippen LogP contribution in [0.25, 0.3) is 0 Å². The lowest BCUT2D eigenvalue weighted by Gasteiger charge is -2.33. The number of furan rings is 1. The van der Waals surface area contributed by atoms with Crippen LogP contribution >= 0.6 is 23.1 Å². The van der Waals surface area contributed by atoms with Gasteiger partial charge >= 0.3 is 0 Å². The molecule has 124 valence electrons. The van der Waals surface area contributed by atoms with Gasteiger partial charge in [-0.3, -0.25) is 4.79 Å². The molecule has 6 nitrogen and oxygen atoms in total. The molecule has 0 unspecified atom stereocenters. The molecule has 2 aromatic rings. The summed E-state index contributed by atoms with van der Waals surface area (Å²) >= 11 is 2.92. The summed E-state index contributed by atoms with van der Waals surface area (Å²) in [6.45, 7) is 3.59.